The summed E-state index contributed by atoms with van der Waals surface area (Å²) in [5.41, 5.74) is 0.961. The van der Waals surface area contributed by atoms with Gasteiger partial charge >= 0.3 is 0 Å². The van der Waals surface area contributed by atoms with Crippen molar-refractivity contribution in [3.8, 4) is 0 Å². The second-order valence-corrected chi connectivity index (χ2v) is 5.46. The Morgan fingerprint density at radius 3 is 2.37 bits per heavy atom. The molecule has 0 aromatic carbocycles. The van der Waals surface area contributed by atoms with Crippen LogP contribution in [0.1, 0.15) is 25.7 Å². The molecule has 1 saturated carbocycles. The smallest absolute Gasteiger partial charge is 0.213 e. The molecule has 0 amide bonds. The van der Waals surface area contributed by atoms with E-state index in [0.29, 0.717) is 10.6 Å². The fourth-order valence-corrected chi connectivity index (χ4v) is 2.26. The molecule has 1 heterocycles. The third-order valence-electron chi connectivity index (χ3n) is 3.09. The lowest BCUT2D eigenvalue weighted by molar-refractivity contribution is 0.254. The maximum absolute atomic E-state index is 12.0. The lowest BCUT2D eigenvalue weighted by Crippen LogP contribution is -2.32. The van der Waals surface area contributed by atoms with E-state index in [1.165, 1.54) is 6.07 Å². The minimum absolute atomic E-state index is 0.459. The lowest BCUT2D eigenvalue weighted by atomic mass is 9.93. The molecule has 0 bridgehead atoms. The third kappa shape index (κ3) is 6.11. The molecule has 0 aliphatic heterocycles. The molecule has 19 heavy (non-hydrogen) atoms. The van der Waals surface area contributed by atoms with Gasteiger partial charge in [-0.1, -0.05) is 11.2 Å². The van der Waals surface area contributed by atoms with E-state index in [9.17, 15) is 4.39 Å². The summed E-state index contributed by atoms with van der Waals surface area (Å²) in [6.45, 7) is 0. The number of nitrogens with zero attached hydrogens (tertiary/aromatic N) is 3. The van der Waals surface area contributed by atoms with E-state index < -0.39 is 5.95 Å². The zero-order valence-electron chi connectivity index (χ0n) is 11.2. The topological polar surface area (TPSA) is 48.7 Å². The highest BCUT2D eigenvalue weighted by atomic mass is 79.9. The number of oxime groups is 1. The van der Waals surface area contributed by atoms with Gasteiger partial charge in [0.15, 0.2) is 0 Å². The maximum atomic E-state index is 12.0. The van der Waals surface area contributed by atoms with Gasteiger partial charge in [-0.25, -0.2) is 4.98 Å². The van der Waals surface area contributed by atoms with E-state index in [1.807, 2.05) is 0 Å². The van der Waals surface area contributed by atoms with Crippen LogP contribution in [0.4, 0.5) is 4.39 Å². The Kier molecular flexibility index (Phi) is 6.94. The molecular formula is C13H19BrFN3O. The zero-order valence-corrected chi connectivity index (χ0v) is 12.8. The van der Waals surface area contributed by atoms with Crippen molar-refractivity contribution in [1.82, 2.24) is 9.88 Å². The molecule has 4 nitrogen and oxygen atoms in total. The molecule has 1 aliphatic rings. The number of hydrogen-bond acceptors (Lipinski definition) is 4. The van der Waals surface area contributed by atoms with Crippen LogP contribution in [0.15, 0.2) is 28.0 Å². The second kappa shape index (κ2) is 8.22. The van der Waals surface area contributed by atoms with E-state index in [1.54, 1.807) is 12.1 Å². The highest BCUT2D eigenvalue weighted by Crippen LogP contribution is 2.18. The third-order valence-corrected chi connectivity index (χ3v) is 3.53. The predicted octanol–water partition coefficient (Wildman–Crippen LogP) is 3.30. The van der Waals surface area contributed by atoms with Crippen LogP contribution in [0.2, 0.25) is 0 Å². The SMILES string of the molecule is CN(C)C1CCC(=NO)CC1.Fc1cccc(Br)n1. The Hall–Kier alpha value is -1.01. The standard InChI is InChI=1S/C8H16N2O.C5H3BrFN/c1-10(2)8-5-3-7(9-11)4-6-8;6-4-2-1-3-5(7)8-4/h8,11H,3-6H2,1-2H3;1-3H. The Bertz CT molecular complexity index is 399. The van der Waals surface area contributed by atoms with Crippen molar-refractivity contribution >= 4 is 21.6 Å². The number of hydrogen-bond donors (Lipinski definition) is 1. The molecule has 1 aliphatic carbocycles. The molecule has 0 radical (unpaired) electrons. The van der Waals surface area contributed by atoms with Gasteiger partial charge in [0.25, 0.3) is 0 Å². The molecule has 0 saturated heterocycles. The van der Waals surface area contributed by atoms with Crippen LogP contribution < -0.4 is 0 Å². The van der Waals surface area contributed by atoms with Gasteiger partial charge in [-0.2, -0.15) is 4.39 Å². The Morgan fingerprint density at radius 2 is 2.00 bits per heavy atom. The summed E-state index contributed by atoms with van der Waals surface area (Å²) in [5.74, 6) is -0.459. The molecule has 106 valence electrons. The van der Waals surface area contributed by atoms with Crippen molar-refractivity contribution in [3.63, 3.8) is 0 Å². The van der Waals surface area contributed by atoms with Crippen molar-refractivity contribution in [2.24, 2.45) is 5.16 Å². The van der Waals surface area contributed by atoms with Crippen molar-refractivity contribution in [1.29, 1.82) is 0 Å². The summed E-state index contributed by atoms with van der Waals surface area (Å²) in [4.78, 5) is 5.67. The molecule has 1 fully saturated rings. The first-order valence-corrected chi connectivity index (χ1v) is 6.96. The molecule has 1 aromatic rings. The fourth-order valence-electron chi connectivity index (χ4n) is 1.94. The minimum atomic E-state index is -0.459. The fraction of sp³-hybridized carbons (Fsp3) is 0.538. The minimum Gasteiger partial charge on any atom is -0.411 e. The summed E-state index contributed by atoms with van der Waals surface area (Å²) in [5, 5.41) is 11.7. The molecule has 1 aromatic heterocycles. The number of rotatable bonds is 1. The Labute approximate surface area is 121 Å². The van der Waals surface area contributed by atoms with Crippen LogP contribution in [-0.2, 0) is 0 Å². The summed E-state index contributed by atoms with van der Waals surface area (Å²) in [6, 6.07) is 5.24. The predicted molar refractivity (Wildman–Crippen MR) is 77.1 cm³/mol. The van der Waals surface area contributed by atoms with Crippen LogP contribution in [0.25, 0.3) is 0 Å². The van der Waals surface area contributed by atoms with Crippen LogP contribution in [0.3, 0.4) is 0 Å². The average Bonchev–Trinajstić information content (AvgIpc) is 2.39. The van der Waals surface area contributed by atoms with Gasteiger partial charge in [0.1, 0.15) is 4.60 Å². The van der Waals surface area contributed by atoms with Crippen LogP contribution in [0.5, 0.6) is 0 Å². The summed E-state index contributed by atoms with van der Waals surface area (Å²) in [6.07, 6.45) is 4.18. The average molecular weight is 332 g/mol. The summed E-state index contributed by atoms with van der Waals surface area (Å²) >= 11 is 3.01. The first-order chi connectivity index (χ1) is 9.02. The van der Waals surface area contributed by atoms with Crippen LogP contribution in [0, 0.1) is 5.95 Å². The molecule has 0 atom stereocenters. The molecule has 2 rings (SSSR count). The quantitative estimate of drug-likeness (QED) is 0.488. The van der Waals surface area contributed by atoms with E-state index in [2.05, 4.69) is 45.1 Å². The molecule has 0 unspecified atom stereocenters. The highest BCUT2D eigenvalue weighted by molar-refractivity contribution is 9.10. The number of aromatic nitrogens is 1. The van der Waals surface area contributed by atoms with Gasteiger partial charge in [0, 0.05) is 6.04 Å². The monoisotopic (exact) mass is 331 g/mol. The van der Waals surface area contributed by atoms with Gasteiger partial charge in [0.2, 0.25) is 5.95 Å². The van der Waals surface area contributed by atoms with E-state index in [4.69, 9.17) is 5.21 Å². The Morgan fingerprint density at radius 1 is 1.37 bits per heavy atom. The maximum Gasteiger partial charge on any atom is 0.213 e. The zero-order chi connectivity index (χ0) is 14.3. The van der Waals surface area contributed by atoms with Crippen LogP contribution >= 0.6 is 15.9 Å². The molecule has 6 heteroatoms. The summed E-state index contributed by atoms with van der Waals surface area (Å²) < 4.78 is 12.6. The van der Waals surface area contributed by atoms with Crippen molar-refractivity contribution < 1.29 is 9.60 Å². The molecular weight excluding hydrogens is 313 g/mol. The molecule has 1 N–H and O–H groups in total. The van der Waals surface area contributed by atoms with Gasteiger partial charge in [-0.3, -0.25) is 0 Å². The van der Waals surface area contributed by atoms with Crippen molar-refractivity contribution in [3.05, 3.63) is 28.7 Å². The van der Waals surface area contributed by atoms with Gasteiger partial charge in [0.05, 0.1) is 5.71 Å². The second-order valence-electron chi connectivity index (χ2n) is 4.64. The number of halogens is 2. The van der Waals surface area contributed by atoms with Crippen LogP contribution in [-0.4, -0.2) is 40.9 Å². The normalized spacial score (nSPS) is 18.8. The first-order valence-electron chi connectivity index (χ1n) is 6.17. The number of pyridine rings is 1. The Balaban J connectivity index is 0.000000200. The van der Waals surface area contributed by atoms with Crippen molar-refractivity contribution in [2.75, 3.05) is 14.1 Å². The first kappa shape index (κ1) is 16.0. The van der Waals surface area contributed by atoms with Gasteiger partial charge in [-0.15, -0.1) is 0 Å². The van der Waals surface area contributed by atoms with Gasteiger partial charge in [-0.05, 0) is 67.8 Å². The summed E-state index contributed by atoms with van der Waals surface area (Å²) in [7, 11) is 4.21. The highest BCUT2D eigenvalue weighted by Gasteiger charge is 2.18. The lowest BCUT2D eigenvalue weighted by Gasteiger charge is -2.28. The molecule has 0 spiro atoms. The van der Waals surface area contributed by atoms with Crippen molar-refractivity contribution in [2.45, 2.75) is 31.7 Å². The van der Waals surface area contributed by atoms with E-state index in [-0.39, 0.29) is 0 Å². The van der Waals surface area contributed by atoms with Gasteiger partial charge < -0.3 is 10.1 Å². The van der Waals surface area contributed by atoms with E-state index >= 15 is 0 Å². The van der Waals surface area contributed by atoms with E-state index in [0.717, 1.165) is 31.4 Å². The largest absolute Gasteiger partial charge is 0.411 e.